The third-order valence-electron chi connectivity index (χ3n) is 2.92. The van der Waals surface area contributed by atoms with E-state index in [-0.39, 0.29) is 6.04 Å². The van der Waals surface area contributed by atoms with E-state index in [1.54, 1.807) is 6.20 Å². The topological polar surface area (TPSA) is 43.8 Å². The number of benzene rings is 1. The second kappa shape index (κ2) is 4.90. The second-order valence-electron chi connectivity index (χ2n) is 4.06. The highest BCUT2D eigenvalue weighted by Crippen LogP contribution is 2.23. The molecule has 0 amide bonds. The van der Waals surface area contributed by atoms with Crippen LogP contribution in [-0.2, 0) is 6.54 Å². The van der Waals surface area contributed by atoms with E-state index in [1.165, 1.54) is 0 Å². The van der Waals surface area contributed by atoms with E-state index in [0.29, 0.717) is 0 Å². The number of nitrogens with zero attached hydrogens (tertiary/aromatic N) is 2. The van der Waals surface area contributed by atoms with Gasteiger partial charge >= 0.3 is 0 Å². The van der Waals surface area contributed by atoms with Crippen molar-refractivity contribution < 1.29 is 0 Å². The van der Waals surface area contributed by atoms with Crippen LogP contribution in [0, 0.1) is 6.92 Å². The van der Waals surface area contributed by atoms with Crippen LogP contribution in [0.1, 0.15) is 29.9 Å². The smallest absolute Gasteiger partial charge is 0.130 e. The van der Waals surface area contributed by atoms with Gasteiger partial charge in [-0.1, -0.05) is 23.7 Å². The molecule has 0 aliphatic heterocycles. The van der Waals surface area contributed by atoms with Gasteiger partial charge in [-0.25, -0.2) is 4.98 Å². The molecular weight excluding hydrogens is 234 g/mol. The van der Waals surface area contributed by atoms with Crippen molar-refractivity contribution in [3.63, 3.8) is 0 Å². The molecule has 0 spiro atoms. The molecule has 0 fully saturated rings. The van der Waals surface area contributed by atoms with Gasteiger partial charge in [-0.2, -0.15) is 0 Å². The quantitative estimate of drug-likeness (QED) is 0.909. The summed E-state index contributed by atoms with van der Waals surface area (Å²) in [5.41, 5.74) is 8.26. The molecule has 4 heteroatoms. The van der Waals surface area contributed by atoms with Crippen LogP contribution in [0.3, 0.4) is 0 Å². The fraction of sp³-hybridized carbons (Fsp3) is 0.308. The third-order valence-corrected chi connectivity index (χ3v) is 3.33. The number of hydrogen-bond acceptors (Lipinski definition) is 2. The lowest BCUT2D eigenvalue weighted by atomic mass is 10.1. The highest BCUT2D eigenvalue weighted by Gasteiger charge is 2.14. The van der Waals surface area contributed by atoms with Gasteiger partial charge in [0, 0.05) is 24.0 Å². The van der Waals surface area contributed by atoms with Crippen LogP contribution in [0.2, 0.25) is 5.02 Å². The van der Waals surface area contributed by atoms with E-state index in [9.17, 15) is 0 Å². The van der Waals surface area contributed by atoms with Gasteiger partial charge in [0.1, 0.15) is 5.82 Å². The fourth-order valence-electron chi connectivity index (χ4n) is 1.82. The molecule has 0 bridgehead atoms. The number of aromatic nitrogens is 2. The number of imidazole rings is 1. The molecule has 2 rings (SSSR count). The Morgan fingerprint density at radius 3 is 2.88 bits per heavy atom. The molecule has 1 unspecified atom stereocenters. The zero-order valence-electron chi connectivity index (χ0n) is 10.0. The maximum absolute atomic E-state index is 6.21. The molecule has 0 saturated carbocycles. The van der Waals surface area contributed by atoms with Crippen LogP contribution >= 0.6 is 11.6 Å². The summed E-state index contributed by atoms with van der Waals surface area (Å²) in [6.45, 7) is 4.91. The van der Waals surface area contributed by atoms with Gasteiger partial charge < -0.3 is 10.3 Å². The summed E-state index contributed by atoms with van der Waals surface area (Å²) in [4.78, 5) is 4.31. The van der Waals surface area contributed by atoms with Crippen molar-refractivity contribution in [3.05, 3.63) is 52.6 Å². The fourth-order valence-corrected chi connectivity index (χ4v) is 2.01. The van der Waals surface area contributed by atoms with E-state index >= 15 is 0 Å². The largest absolute Gasteiger partial charge is 0.334 e. The SMILES string of the molecule is CCn1ccnc1C(N)c1ccc(C)c(Cl)c1. The molecule has 3 nitrogen and oxygen atoms in total. The van der Waals surface area contributed by atoms with Crippen molar-refractivity contribution in [1.82, 2.24) is 9.55 Å². The normalized spacial score (nSPS) is 12.7. The summed E-state index contributed by atoms with van der Waals surface area (Å²) >= 11 is 6.11. The van der Waals surface area contributed by atoms with Crippen LogP contribution in [0.15, 0.2) is 30.6 Å². The van der Waals surface area contributed by atoms with Gasteiger partial charge in [-0.15, -0.1) is 0 Å². The Morgan fingerprint density at radius 1 is 1.47 bits per heavy atom. The minimum Gasteiger partial charge on any atom is -0.334 e. The first kappa shape index (κ1) is 12.1. The van der Waals surface area contributed by atoms with Crippen LogP contribution < -0.4 is 5.73 Å². The molecule has 1 heterocycles. The van der Waals surface area contributed by atoms with Crippen LogP contribution in [0.25, 0.3) is 0 Å². The molecule has 0 aliphatic carbocycles. The minimum atomic E-state index is -0.233. The first-order chi connectivity index (χ1) is 8.13. The third kappa shape index (κ3) is 2.35. The van der Waals surface area contributed by atoms with Crippen LogP contribution in [0.4, 0.5) is 0 Å². The Morgan fingerprint density at radius 2 is 2.24 bits per heavy atom. The Balaban J connectivity index is 2.36. The molecule has 2 N–H and O–H groups in total. The molecule has 0 radical (unpaired) electrons. The lowest BCUT2D eigenvalue weighted by Gasteiger charge is -2.14. The van der Waals surface area contributed by atoms with Crippen molar-refractivity contribution in [1.29, 1.82) is 0 Å². The lowest BCUT2D eigenvalue weighted by molar-refractivity contribution is 0.656. The minimum absolute atomic E-state index is 0.233. The second-order valence-corrected chi connectivity index (χ2v) is 4.46. The summed E-state index contributed by atoms with van der Waals surface area (Å²) < 4.78 is 2.04. The van der Waals surface area contributed by atoms with Crippen molar-refractivity contribution in [2.45, 2.75) is 26.4 Å². The molecule has 1 aromatic heterocycles. The van der Waals surface area contributed by atoms with Crippen molar-refractivity contribution in [3.8, 4) is 0 Å². The maximum atomic E-state index is 6.21. The molecular formula is C13H16ClN3. The molecule has 90 valence electrons. The maximum Gasteiger partial charge on any atom is 0.130 e. The van der Waals surface area contributed by atoms with Gasteiger partial charge in [0.25, 0.3) is 0 Å². The molecule has 1 aromatic carbocycles. The van der Waals surface area contributed by atoms with E-state index in [0.717, 1.165) is 28.5 Å². The Hall–Kier alpha value is -1.32. The van der Waals surface area contributed by atoms with Crippen LogP contribution in [-0.4, -0.2) is 9.55 Å². The van der Waals surface area contributed by atoms with E-state index < -0.39 is 0 Å². The summed E-state index contributed by atoms with van der Waals surface area (Å²) in [6.07, 6.45) is 3.71. The van der Waals surface area contributed by atoms with E-state index in [1.807, 2.05) is 35.9 Å². The summed E-state index contributed by atoms with van der Waals surface area (Å²) in [6, 6.07) is 5.66. The van der Waals surface area contributed by atoms with E-state index in [4.69, 9.17) is 17.3 Å². The van der Waals surface area contributed by atoms with Gasteiger partial charge in [0.15, 0.2) is 0 Å². The predicted molar refractivity (Wildman–Crippen MR) is 70.1 cm³/mol. The standard InChI is InChI=1S/C13H16ClN3/c1-3-17-7-6-16-13(17)12(15)10-5-4-9(2)11(14)8-10/h4-8,12H,3,15H2,1-2H3. The average molecular weight is 250 g/mol. The predicted octanol–water partition coefficient (Wildman–Crippen LogP) is 2.91. The Labute approximate surface area is 106 Å². The highest BCUT2D eigenvalue weighted by molar-refractivity contribution is 6.31. The average Bonchev–Trinajstić information content (AvgIpc) is 2.80. The molecule has 2 aromatic rings. The van der Waals surface area contributed by atoms with Crippen molar-refractivity contribution >= 4 is 11.6 Å². The highest BCUT2D eigenvalue weighted by atomic mass is 35.5. The first-order valence-electron chi connectivity index (χ1n) is 5.66. The molecule has 17 heavy (non-hydrogen) atoms. The molecule has 1 atom stereocenters. The first-order valence-corrected chi connectivity index (χ1v) is 6.04. The van der Waals surface area contributed by atoms with E-state index in [2.05, 4.69) is 11.9 Å². The van der Waals surface area contributed by atoms with Gasteiger partial charge in [-0.3, -0.25) is 0 Å². The Kier molecular flexibility index (Phi) is 3.50. The van der Waals surface area contributed by atoms with Crippen LogP contribution in [0.5, 0.6) is 0 Å². The number of hydrogen-bond donors (Lipinski definition) is 1. The number of rotatable bonds is 3. The summed E-state index contributed by atoms with van der Waals surface area (Å²) in [7, 11) is 0. The summed E-state index contributed by atoms with van der Waals surface area (Å²) in [5.74, 6) is 0.868. The Bertz CT molecular complexity index is 519. The lowest BCUT2D eigenvalue weighted by Crippen LogP contribution is -2.17. The zero-order chi connectivity index (χ0) is 12.4. The monoisotopic (exact) mass is 249 g/mol. The summed E-state index contributed by atoms with van der Waals surface area (Å²) in [5, 5.41) is 0.743. The van der Waals surface area contributed by atoms with Crippen molar-refractivity contribution in [2.75, 3.05) is 0 Å². The molecule has 0 saturated heterocycles. The zero-order valence-corrected chi connectivity index (χ0v) is 10.8. The van der Waals surface area contributed by atoms with Gasteiger partial charge in [0.05, 0.1) is 6.04 Å². The van der Waals surface area contributed by atoms with Gasteiger partial charge in [-0.05, 0) is 31.0 Å². The van der Waals surface area contributed by atoms with Gasteiger partial charge in [0.2, 0.25) is 0 Å². The number of halogens is 1. The van der Waals surface area contributed by atoms with Crippen molar-refractivity contribution in [2.24, 2.45) is 5.73 Å². The molecule has 0 aliphatic rings. The number of nitrogens with two attached hydrogens (primary N) is 1. The number of aryl methyl sites for hydroxylation is 2.